The second-order valence-corrected chi connectivity index (χ2v) is 4.90. The summed E-state index contributed by atoms with van der Waals surface area (Å²) in [6.45, 7) is 6.72. The Morgan fingerprint density at radius 2 is 1.73 bits per heavy atom. The molecule has 0 spiro atoms. The van der Waals surface area contributed by atoms with Crippen molar-refractivity contribution in [1.29, 1.82) is 0 Å². The molecule has 0 radical (unpaired) electrons. The van der Waals surface area contributed by atoms with Crippen LogP contribution in [0.4, 0.5) is 0 Å². The summed E-state index contributed by atoms with van der Waals surface area (Å²) in [6.07, 6.45) is 0. The fraction of sp³-hybridized carbons (Fsp3) is 0.538. The molecule has 0 aromatic heterocycles. The van der Waals surface area contributed by atoms with Gasteiger partial charge in [-0.1, -0.05) is 45.0 Å². The van der Waals surface area contributed by atoms with Crippen molar-refractivity contribution in [3.8, 4) is 0 Å². The van der Waals surface area contributed by atoms with Gasteiger partial charge in [-0.05, 0) is 23.6 Å². The number of hydrogen-bond donors (Lipinski definition) is 2. The van der Waals surface area contributed by atoms with Crippen LogP contribution in [0.1, 0.15) is 37.9 Å². The fourth-order valence-corrected chi connectivity index (χ4v) is 1.58. The maximum Gasteiger partial charge on any atom is 0.0626 e. The summed E-state index contributed by atoms with van der Waals surface area (Å²) in [5.41, 5.74) is 2.64. The lowest BCUT2D eigenvalue weighted by Crippen LogP contribution is -2.20. The van der Waals surface area contributed by atoms with E-state index in [0.29, 0.717) is 0 Å². The maximum atomic E-state index is 9.15. The van der Waals surface area contributed by atoms with Crippen molar-refractivity contribution in [2.75, 3.05) is 13.7 Å². The van der Waals surface area contributed by atoms with E-state index in [4.69, 9.17) is 5.11 Å². The van der Waals surface area contributed by atoms with Crippen LogP contribution in [0.3, 0.4) is 0 Å². The van der Waals surface area contributed by atoms with Gasteiger partial charge in [0.1, 0.15) is 0 Å². The molecule has 0 amide bonds. The lowest BCUT2D eigenvalue weighted by molar-refractivity contribution is 0.251. The van der Waals surface area contributed by atoms with Crippen molar-refractivity contribution in [2.24, 2.45) is 0 Å². The van der Waals surface area contributed by atoms with Gasteiger partial charge in [0.15, 0.2) is 0 Å². The molecule has 0 fully saturated rings. The summed E-state index contributed by atoms with van der Waals surface area (Å²) in [5, 5.41) is 12.2. The minimum Gasteiger partial charge on any atom is -0.394 e. The van der Waals surface area contributed by atoms with Crippen LogP contribution in [0.25, 0.3) is 0 Å². The minimum absolute atomic E-state index is 0.0408. The van der Waals surface area contributed by atoms with Crippen LogP contribution in [-0.4, -0.2) is 18.8 Å². The third-order valence-electron chi connectivity index (χ3n) is 2.71. The first-order valence-electron chi connectivity index (χ1n) is 5.37. The van der Waals surface area contributed by atoms with E-state index in [9.17, 15) is 0 Å². The Bertz CT molecular complexity index is 293. The Hall–Kier alpha value is -0.860. The Balaban J connectivity index is 2.89. The van der Waals surface area contributed by atoms with E-state index >= 15 is 0 Å². The van der Waals surface area contributed by atoms with Crippen LogP contribution < -0.4 is 5.32 Å². The molecule has 0 saturated carbocycles. The zero-order valence-electron chi connectivity index (χ0n) is 10.0. The van der Waals surface area contributed by atoms with Crippen LogP contribution in [0, 0.1) is 0 Å². The first-order chi connectivity index (χ1) is 6.99. The molecule has 0 aliphatic carbocycles. The number of rotatable bonds is 3. The van der Waals surface area contributed by atoms with Gasteiger partial charge in [0.25, 0.3) is 0 Å². The van der Waals surface area contributed by atoms with Crippen molar-refractivity contribution < 1.29 is 5.11 Å². The van der Waals surface area contributed by atoms with E-state index in [2.05, 4.69) is 50.4 Å². The monoisotopic (exact) mass is 207 g/mol. The zero-order chi connectivity index (χ0) is 11.5. The van der Waals surface area contributed by atoms with Gasteiger partial charge in [0, 0.05) is 0 Å². The standard InChI is InChI=1S/C13H21NO/c1-13(2,3)11-7-5-10(6-8-11)12(9-15)14-4/h5-8,12,14-15H,9H2,1-4H3/t12-/m1/s1. The highest BCUT2D eigenvalue weighted by molar-refractivity contribution is 5.29. The van der Waals surface area contributed by atoms with Gasteiger partial charge >= 0.3 is 0 Å². The van der Waals surface area contributed by atoms with E-state index in [1.54, 1.807) is 0 Å². The average molecular weight is 207 g/mol. The van der Waals surface area contributed by atoms with Crippen molar-refractivity contribution in [3.05, 3.63) is 35.4 Å². The number of aliphatic hydroxyl groups excluding tert-OH is 1. The Morgan fingerprint density at radius 1 is 1.20 bits per heavy atom. The zero-order valence-corrected chi connectivity index (χ0v) is 10.0. The number of nitrogens with one attached hydrogen (secondary N) is 1. The van der Waals surface area contributed by atoms with Crippen molar-refractivity contribution >= 4 is 0 Å². The minimum atomic E-state index is 0.0408. The van der Waals surface area contributed by atoms with Gasteiger partial charge in [-0.3, -0.25) is 0 Å². The maximum absolute atomic E-state index is 9.15. The molecular weight excluding hydrogens is 186 g/mol. The Morgan fingerprint density at radius 3 is 2.07 bits per heavy atom. The second kappa shape index (κ2) is 4.77. The lowest BCUT2D eigenvalue weighted by Gasteiger charge is -2.20. The Labute approximate surface area is 92.3 Å². The number of hydrogen-bond acceptors (Lipinski definition) is 2. The normalized spacial score (nSPS) is 13.9. The molecule has 0 unspecified atom stereocenters. The van der Waals surface area contributed by atoms with Gasteiger partial charge in [0.2, 0.25) is 0 Å². The first-order valence-corrected chi connectivity index (χ1v) is 5.37. The number of aliphatic hydroxyl groups is 1. The van der Waals surface area contributed by atoms with Crippen molar-refractivity contribution in [1.82, 2.24) is 5.32 Å². The number of likely N-dealkylation sites (N-methyl/N-ethyl adjacent to an activating group) is 1. The molecule has 0 bridgehead atoms. The van der Waals surface area contributed by atoms with Crippen LogP contribution >= 0.6 is 0 Å². The average Bonchev–Trinajstić information content (AvgIpc) is 2.19. The third-order valence-corrected chi connectivity index (χ3v) is 2.71. The van der Waals surface area contributed by atoms with Gasteiger partial charge < -0.3 is 10.4 Å². The van der Waals surface area contributed by atoms with Crippen LogP contribution in [-0.2, 0) is 5.41 Å². The summed E-state index contributed by atoms with van der Waals surface area (Å²) in [4.78, 5) is 0. The molecule has 84 valence electrons. The largest absolute Gasteiger partial charge is 0.394 e. The molecule has 1 aromatic rings. The van der Waals surface area contributed by atoms with Crippen LogP contribution in [0.5, 0.6) is 0 Å². The summed E-state index contributed by atoms with van der Waals surface area (Å²) >= 11 is 0. The molecule has 1 aromatic carbocycles. The molecule has 1 atom stereocenters. The predicted molar refractivity (Wildman–Crippen MR) is 64.0 cm³/mol. The van der Waals surface area contributed by atoms with E-state index < -0.39 is 0 Å². The molecule has 0 aliphatic rings. The summed E-state index contributed by atoms with van der Waals surface area (Å²) in [5.74, 6) is 0. The third kappa shape index (κ3) is 3.05. The molecule has 2 heteroatoms. The first kappa shape index (κ1) is 12.2. The molecule has 2 N–H and O–H groups in total. The molecular formula is C13H21NO. The molecule has 15 heavy (non-hydrogen) atoms. The number of benzene rings is 1. The van der Waals surface area contributed by atoms with E-state index in [1.807, 2.05) is 7.05 Å². The summed E-state index contributed by atoms with van der Waals surface area (Å²) in [7, 11) is 1.86. The predicted octanol–water partition coefficient (Wildman–Crippen LogP) is 2.24. The van der Waals surface area contributed by atoms with Gasteiger partial charge in [-0.25, -0.2) is 0 Å². The topological polar surface area (TPSA) is 32.3 Å². The lowest BCUT2D eigenvalue weighted by atomic mass is 9.86. The summed E-state index contributed by atoms with van der Waals surface area (Å²) in [6, 6.07) is 8.47. The molecule has 0 aliphatic heterocycles. The van der Waals surface area contributed by atoms with Crippen LogP contribution in [0.2, 0.25) is 0 Å². The van der Waals surface area contributed by atoms with Crippen molar-refractivity contribution in [2.45, 2.75) is 32.2 Å². The van der Waals surface area contributed by atoms with Crippen LogP contribution in [0.15, 0.2) is 24.3 Å². The molecule has 0 saturated heterocycles. The molecule has 1 rings (SSSR count). The highest BCUT2D eigenvalue weighted by Gasteiger charge is 2.14. The van der Waals surface area contributed by atoms with E-state index in [0.717, 1.165) is 5.56 Å². The van der Waals surface area contributed by atoms with Crippen molar-refractivity contribution in [3.63, 3.8) is 0 Å². The molecule has 2 nitrogen and oxygen atoms in total. The Kier molecular flexibility index (Phi) is 3.89. The smallest absolute Gasteiger partial charge is 0.0626 e. The SMILES string of the molecule is CN[C@H](CO)c1ccc(C(C)(C)C)cc1. The quantitative estimate of drug-likeness (QED) is 0.796. The highest BCUT2D eigenvalue weighted by atomic mass is 16.3. The van der Waals surface area contributed by atoms with Gasteiger partial charge in [-0.15, -0.1) is 0 Å². The molecule has 0 heterocycles. The highest BCUT2D eigenvalue weighted by Crippen LogP contribution is 2.23. The fourth-order valence-electron chi connectivity index (χ4n) is 1.58. The summed E-state index contributed by atoms with van der Waals surface area (Å²) < 4.78 is 0. The van der Waals surface area contributed by atoms with E-state index in [1.165, 1.54) is 5.56 Å². The van der Waals surface area contributed by atoms with Gasteiger partial charge in [-0.2, -0.15) is 0 Å². The van der Waals surface area contributed by atoms with Gasteiger partial charge in [0.05, 0.1) is 12.6 Å². The second-order valence-electron chi connectivity index (χ2n) is 4.90. The van der Waals surface area contributed by atoms with E-state index in [-0.39, 0.29) is 18.1 Å².